The van der Waals surface area contributed by atoms with Crippen molar-refractivity contribution in [2.45, 2.75) is 19.8 Å². The first-order valence-electron chi connectivity index (χ1n) is 5.57. The maximum atomic E-state index is 13.0. The van der Waals surface area contributed by atoms with Gasteiger partial charge in [-0.1, -0.05) is 24.9 Å². The van der Waals surface area contributed by atoms with E-state index in [2.05, 4.69) is 0 Å². The van der Waals surface area contributed by atoms with Gasteiger partial charge in [0.05, 0.1) is 17.3 Å². The summed E-state index contributed by atoms with van der Waals surface area (Å²) in [5.41, 5.74) is 5.28. The molecule has 0 aromatic heterocycles. The summed E-state index contributed by atoms with van der Waals surface area (Å²) in [6.45, 7) is 2.07. The van der Waals surface area contributed by atoms with E-state index in [-0.39, 0.29) is 23.1 Å². The largest absolute Gasteiger partial charge is 0.480 e. The highest BCUT2D eigenvalue weighted by Gasteiger charge is 2.10. The van der Waals surface area contributed by atoms with Crippen LogP contribution in [0.1, 0.15) is 19.8 Å². The number of nitrogens with two attached hydrogens (primary N) is 1. The molecule has 0 saturated carbocycles. The van der Waals surface area contributed by atoms with Gasteiger partial charge in [-0.15, -0.1) is 0 Å². The molecule has 0 aliphatic rings. The number of unbranched alkanes of at least 4 members (excludes halogenated alkanes) is 1. The molecule has 1 rings (SSSR count). The molecule has 100 valence electrons. The van der Waals surface area contributed by atoms with Gasteiger partial charge >= 0.3 is 5.97 Å². The van der Waals surface area contributed by atoms with E-state index in [0.29, 0.717) is 6.61 Å². The lowest BCUT2D eigenvalue weighted by Crippen LogP contribution is -2.15. The van der Waals surface area contributed by atoms with Crippen LogP contribution >= 0.6 is 11.6 Å². The fraction of sp³-hybridized carbons (Fsp3) is 0.417. The third-order valence-corrected chi connectivity index (χ3v) is 2.45. The summed E-state index contributed by atoms with van der Waals surface area (Å²) in [5.74, 6) is -0.969. The second-order valence-electron chi connectivity index (χ2n) is 3.67. The van der Waals surface area contributed by atoms with Crippen molar-refractivity contribution in [3.05, 3.63) is 23.0 Å². The van der Waals surface area contributed by atoms with Crippen LogP contribution in [0.25, 0.3) is 0 Å². The van der Waals surface area contributed by atoms with Crippen molar-refractivity contribution >= 4 is 23.3 Å². The molecular weight excluding hydrogens is 261 g/mol. The molecule has 1 aromatic rings. The lowest BCUT2D eigenvalue weighted by atomic mass is 10.3. The number of benzene rings is 1. The molecule has 1 aromatic carbocycles. The number of ether oxygens (including phenoxy) is 2. The Morgan fingerprint density at radius 1 is 1.50 bits per heavy atom. The summed E-state index contributed by atoms with van der Waals surface area (Å²) in [6.07, 6.45) is 1.74. The van der Waals surface area contributed by atoms with Gasteiger partial charge in [0.1, 0.15) is 11.6 Å². The van der Waals surface area contributed by atoms with E-state index in [9.17, 15) is 9.18 Å². The normalized spacial score (nSPS) is 10.2. The Labute approximate surface area is 110 Å². The van der Waals surface area contributed by atoms with Crippen LogP contribution in [0, 0.1) is 5.82 Å². The zero-order valence-electron chi connectivity index (χ0n) is 10.0. The van der Waals surface area contributed by atoms with Crippen molar-refractivity contribution in [3.63, 3.8) is 0 Å². The number of hydrogen-bond donors (Lipinski definition) is 1. The molecular formula is C12H15ClFNO3. The van der Waals surface area contributed by atoms with Gasteiger partial charge in [0.2, 0.25) is 0 Å². The first-order valence-corrected chi connectivity index (χ1v) is 5.95. The van der Waals surface area contributed by atoms with Gasteiger partial charge in [-0.2, -0.15) is 0 Å². The molecule has 0 aliphatic carbocycles. The van der Waals surface area contributed by atoms with E-state index in [1.165, 1.54) is 6.07 Å². The Hall–Kier alpha value is -1.49. The van der Waals surface area contributed by atoms with Crippen molar-refractivity contribution in [1.82, 2.24) is 0 Å². The molecule has 0 fully saturated rings. The Bertz CT molecular complexity index is 426. The standard InChI is InChI=1S/C12H15ClFNO3/c1-2-3-4-17-12(16)7-18-11-6-10(15)9(14)5-8(11)13/h5-6H,2-4,7,15H2,1H3. The number of nitrogen functional groups attached to an aromatic ring is 1. The van der Waals surface area contributed by atoms with Crippen molar-refractivity contribution in [2.75, 3.05) is 18.9 Å². The third-order valence-electron chi connectivity index (χ3n) is 2.16. The van der Waals surface area contributed by atoms with E-state index in [4.69, 9.17) is 26.8 Å². The molecule has 0 unspecified atom stereocenters. The number of carbonyl (C=O) groups excluding carboxylic acids is 1. The highest BCUT2D eigenvalue weighted by Crippen LogP contribution is 2.28. The SMILES string of the molecule is CCCCOC(=O)COc1cc(N)c(F)cc1Cl. The number of anilines is 1. The Morgan fingerprint density at radius 2 is 2.22 bits per heavy atom. The molecule has 0 amide bonds. The Kier molecular flexibility index (Phi) is 5.71. The summed E-state index contributed by atoms with van der Waals surface area (Å²) < 4.78 is 23.0. The molecule has 0 saturated heterocycles. The molecule has 0 aliphatic heterocycles. The summed E-state index contributed by atoms with van der Waals surface area (Å²) in [6, 6.07) is 2.27. The minimum absolute atomic E-state index is 0.0584. The molecule has 18 heavy (non-hydrogen) atoms. The molecule has 2 N–H and O–H groups in total. The van der Waals surface area contributed by atoms with E-state index in [1.54, 1.807) is 0 Å². The van der Waals surface area contributed by atoms with E-state index in [1.807, 2.05) is 6.92 Å². The van der Waals surface area contributed by atoms with E-state index < -0.39 is 11.8 Å². The lowest BCUT2D eigenvalue weighted by Gasteiger charge is -2.09. The van der Waals surface area contributed by atoms with Crippen LogP contribution in [0.4, 0.5) is 10.1 Å². The lowest BCUT2D eigenvalue weighted by molar-refractivity contribution is -0.146. The molecule has 4 nitrogen and oxygen atoms in total. The van der Waals surface area contributed by atoms with Crippen molar-refractivity contribution in [2.24, 2.45) is 0 Å². The molecule has 0 bridgehead atoms. The van der Waals surface area contributed by atoms with Crippen LogP contribution in [-0.4, -0.2) is 19.2 Å². The summed E-state index contributed by atoms with van der Waals surface area (Å²) >= 11 is 5.74. The highest BCUT2D eigenvalue weighted by atomic mass is 35.5. The van der Waals surface area contributed by atoms with Gasteiger partial charge in [0.15, 0.2) is 6.61 Å². The van der Waals surface area contributed by atoms with Crippen LogP contribution in [0.2, 0.25) is 5.02 Å². The first-order chi connectivity index (χ1) is 8.54. The maximum absolute atomic E-state index is 13.0. The summed E-state index contributed by atoms with van der Waals surface area (Å²) in [4.78, 5) is 11.3. The third kappa shape index (κ3) is 4.41. The number of esters is 1. The number of halogens is 2. The first kappa shape index (κ1) is 14.6. The monoisotopic (exact) mass is 275 g/mol. The van der Waals surface area contributed by atoms with Crippen LogP contribution in [-0.2, 0) is 9.53 Å². The zero-order valence-corrected chi connectivity index (χ0v) is 10.8. The number of rotatable bonds is 6. The van der Waals surface area contributed by atoms with Crippen molar-refractivity contribution in [3.8, 4) is 5.75 Å². The molecule has 6 heteroatoms. The van der Waals surface area contributed by atoms with Gasteiger partial charge in [0, 0.05) is 6.07 Å². The maximum Gasteiger partial charge on any atom is 0.344 e. The van der Waals surface area contributed by atoms with Crippen molar-refractivity contribution < 1.29 is 18.7 Å². The number of hydrogen-bond acceptors (Lipinski definition) is 4. The minimum Gasteiger partial charge on any atom is -0.480 e. The Morgan fingerprint density at radius 3 is 2.89 bits per heavy atom. The van der Waals surface area contributed by atoms with Gasteiger partial charge in [-0.05, 0) is 12.5 Å². The van der Waals surface area contributed by atoms with Crippen LogP contribution in [0.5, 0.6) is 5.75 Å². The van der Waals surface area contributed by atoms with Gasteiger partial charge < -0.3 is 15.2 Å². The highest BCUT2D eigenvalue weighted by molar-refractivity contribution is 6.32. The van der Waals surface area contributed by atoms with Gasteiger partial charge in [0.25, 0.3) is 0 Å². The van der Waals surface area contributed by atoms with E-state index >= 15 is 0 Å². The summed E-state index contributed by atoms with van der Waals surface area (Å²) in [7, 11) is 0. The summed E-state index contributed by atoms with van der Waals surface area (Å²) in [5, 5.41) is 0.0584. The average Bonchev–Trinajstić information content (AvgIpc) is 2.32. The van der Waals surface area contributed by atoms with Crippen molar-refractivity contribution in [1.29, 1.82) is 0 Å². The van der Waals surface area contributed by atoms with Crippen LogP contribution < -0.4 is 10.5 Å². The van der Waals surface area contributed by atoms with Crippen LogP contribution in [0.15, 0.2) is 12.1 Å². The molecule has 0 radical (unpaired) electrons. The topological polar surface area (TPSA) is 61.5 Å². The smallest absolute Gasteiger partial charge is 0.344 e. The van der Waals surface area contributed by atoms with Gasteiger partial charge in [-0.3, -0.25) is 0 Å². The fourth-order valence-corrected chi connectivity index (χ4v) is 1.37. The predicted octanol–water partition coefficient (Wildman–Crippen LogP) is 2.78. The van der Waals surface area contributed by atoms with E-state index in [0.717, 1.165) is 18.9 Å². The zero-order chi connectivity index (χ0) is 13.5. The fourth-order valence-electron chi connectivity index (χ4n) is 1.16. The van der Waals surface area contributed by atoms with Crippen LogP contribution in [0.3, 0.4) is 0 Å². The molecule has 0 spiro atoms. The Balaban J connectivity index is 2.48. The average molecular weight is 276 g/mol. The quantitative estimate of drug-likeness (QED) is 0.493. The van der Waals surface area contributed by atoms with Gasteiger partial charge in [-0.25, -0.2) is 9.18 Å². The number of carbonyl (C=O) groups is 1. The minimum atomic E-state index is -0.627. The second-order valence-corrected chi connectivity index (χ2v) is 4.07. The molecule has 0 atom stereocenters. The molecule has 0 heterocycles. The second kappa shape index (κ2) is 7.06. The predicted molar refractivity (Wildman–Crippen MR) is 67.2 cm³/mol.